The zero-order valence-corrected chi connectivity index (χ0v) is 23.8. The van der Waals surface area contributed by atoms with Gasteiger partial charge in [-0.2, -0.15) is 0 Å². The van der Waals surface area contributed by atoms with Gasteiger partial charge in [0.05, 0.1) is 5.60 Å². The van der Waals surface area contributed by atoms with Crippen molar-refractivity contribution in [2.45, 2.75) is 60.0 Å². The molecule has 0 fully saturated rings. The van der Waals surface area contributed by atoms with Gasteiger partial charge in [0, 0.05) is 48.1 Å². The fraction of sp³-hybridized carbons (Fsp3) is 0.387. The summed E-state index contributed by atoms with van der Waals surface area (Å²) in [6, 6.07) is 9.52. The summed E-state index contributed by atoms with van der Waals surface area (Å²) in [7, 11) is 1.67. The van der Waals surface area contributed by atoms with Gasteiger partial charge in [-0.1, -0.05) is 45.4 Å². The van der Waals surface area contributed by atoms with Gasteiger partial charge in [-0.25, -0.2) is 4.98 Å². The molecule has 3 heterocycles. The van der Waals surface area contributed by atoms with E-state index in [9.17, 15) is 14.7 Å². The standard InChI is InChI=1S/C31H38N4O4/c1-8-20(6)31(38,9-2)21-14-23(29(33-16-21)39-27-18(4)12-11-13-19(27)5)24-17-35(7)30(37)26-22(24)15-25(34-26)28(36)32-10-3/h11-17,20,34,38H,8-10H2,1-7H3,(H,32,36). The van der Waals surface area contributed by atoms with E-state index in [1.54, 1.807) is 25.5 Å². The Hall–Kier alpha value is -3.91. The number of aryl methyl sites for hydroxylation is 3. The van der Waals surface area contributed by atoms with Crippen LogP contribution in [0.25, 0.3) is 22.0 Å². The highest BCUT2D eigenvalue weighted by Crippen LogP contribution is 2.42. The normalized spacial score (nSPS) is 13.7. The average Bonchev–Trinajstić information content (AvgIpc) is 3.38. The van der Waals surface area contributed by atoms with E-state index in [1.807, 2.05) is 58.9 Å². The summed E-state index contributed by atoms with van der Waals surface area (Å²) in [5.74, 6) is 0.737. The first kappa shape index (κ1) is 28.1. The minimum atomic E-state index is -1.10. The number of pyridine rings is 2. The molecule has 0 saturated carbocycles. The summed E-state index contributed by atoms with van der Waals surface area (Å²) < 4.78 is 7.93. The molecule has 4 aromatic rings. The molecule has 39 heavy (non-hydrogen) atoms. The van der Waals surface area contributed by atoms with Crippen LogP contribution in [0.2, 0.25) is 0 Å². The summed E-state index contributed by atoms with van der Waals surface area (Å²) in [5, 5.41) is 15.1. The van der Waals surface area contributed by atoms with Gasteiger partial charge < -0.3 is 24.7 Å². The number of benzene rings is 1. The predicted octanol–water partition coefficient (Wildman–Crippen LogP) is 5.73. The molecule has 0 saturated heterocycles. The molecule has 8 nitrogen and oxygen atoms in total. The summed E-state index contributed by atoms with van der Waals surface area (Å²) in [5.41, 5.74) is 3.13. The lowest BCUT2D eigenvalue weighted by Gasteiger charge is -2.33. The number of aliphatic hydroxyl groups is 1. The molecule has 2 unspecified atom stereocenters. The first-order valence-corrected chi connectivity index (χ1v) is 13.5. The molecule has 0 aliphatic rings. The molecule has 0 spiro atoms. The minimum absolute atomic E-state index is 0.0146. The molecule has 206 valence electrons. The molecule has 3 N–H and O–H groups in total. The van der Waals surface area contributed by atoms with Crippen LogP contribution in [0.5, 0.6) is 11.6 Å². The third kappa shape index (κ3) is 5.08. The van der Waals surface area contributed by atoms with Gasteiger partial charge in [0.15, 0.2) is 0 Å². The van der Waals surface area contributed by atoms with Gasteiger partial charge in [0.2, 0.25) is 5.88 Å². The van der Waals surface area contributed by atoms with Crippen molar-refractivity contribution < 1.29 is 14.6 Å². The number of nitrogens with zero attached hydrogens (tertiary/aromatic N) is 2. The molecule has 3 aromatic heterocycles. The van der Waals surface area contributed by atoms with E-state index >= 15 is 0 Å². The van der Waals surface area contributed by atoms with Crippen molar-refractivity contribution in [2.75, 3.05) is 6.54 Å². The Morgan fingerprint density at radius 2 is 1.87 bits per heavy atom. The second-order valence-corrected chi connectivity index (χ2v) is 10.3. The van der Waals surface area contributed by atoms with Crippen molar-refractivity contribution >= 4 is 16.8 Å². The van der Waals surface area contributed by atoms with Gasteiger partial charge in [0.25, 0.3) is 11.5 Å². The van der Waals surface area contributed by atoms with Crippen LogP contribution in [0.1, 0.15) is 67.7 Å². The van der Waals surface area contributed by atoms with E-state index in [0.29, 0.717) is 57.9 Å². The van der Waals surface area contributed by atoms with Crippen molar-refractivity contribution in [1.82, 2.24) is 19.9 Å². The predicted molar refractivity (Wildman–Crippen MR) is 154 cm³/mol. The lowest BCUT2D eigenvalue weighted by molar-refractivity contribution is -0.0227. The number of H-pyrrole nitrogens is 1. The Kier molecular flexibility index (Phi) is 7.97. The average molecular weight is 531 g/mol. The van der Waals surface area contributed by atoms with Crippen LogP contribution >= 0.6 is 0 Å². The molecule has 2 atom stereocenters. The number of carbonyl (C=O) groups is 1. The van der Waals surface area contributed by atoms with Crippen LogP contribution in [-0.4, -0.2) is 32.1 Å². The van der Waals surface area contributed by atoms with Crippen molar-refractivity contribution in [1.29, 1.82) is 0 Å². The van der Waals surface area contributed by atoms with Gasteiger partial charge in [0.1, 0.15) is 17.0 Å². The molecule has 0 radical (unpaired) electrons. The second kappa shape index (κ2) is 11.1. The molecule has 1 aromatic carbocycles. The summed E-state index contributed by atoms with van der Waals surface area (Å²) >= 11 is 0. The van der Waals surface area contributed by atoms with Crippen LogP contribution < -0.4 is 15.6 Å². The number of amides is 1. The van der Waals surface area contributed by atoms with Crippen LogP contribution in [0.15, 0.2) is 47.5 Å². The summed E-state index contributed by atoms with van der Waals surface area (Å²) in [4.78, 5) is 33.5. The maximum Gasteiger partial charge on any atom is 0.274 e. The molecule has 0 bridgehead atoms. The van der Waals surface area contributed by atoms with Gasteiger partial charge >= 0.3 is 0 Å². The smallest absolute Gasteiger partial charge is 0.274 e. The number of aromatic nitrogens is 3. The molecule has 0 aliphatic carbocycles. The number of rotatable bonds is 9. The highest BCUT2D eigenvalue weighted by molar-refractivity contribution is 6.03. The van der Waals surface area contributed by atoms with E-state index < -0.39 is 5.60 Å². The summed E-state index contributed by atoms with van der Waals surface area (Å²) in [6.07, 6.45) is 4.71. The zero-order valence-electron chi connectivity index (χ0n) is 23.8. The fourth-order valence-electron chi connectivity index (χ4n) is 5.12. The first-order chi connectivity index (χ1) is 18.5. The van der Waals surface area contributed by atoms with Crippen molar-refractivity contribution in [3.63, 3.8) is 0 Å². The number of aromatic amines is 1. The van der Waals surface area contributed by atoms with Crippen LogP contribution in [0, 0.1) is 19.8 Å². The number of carbonyl (C=O) groups excluding carboxylic acids is 1. The van der Waals surface area contributed by atoms with E-state index in [-0.39, 0.29) is 17.4 Å². The molecule has 8 heteroatoms. The first-order valence-electron chi connectivity index (χ1n) is 13.5. The minimum Gasteiger partial charge on any atom is -0.438 e. The topological polar surface area (TPSA) is 109 Å². The monoisotopic (exact) mass is 530 g/mol. The Balaban J connectivity index is 2.03. The largest absolute Gasteiger partial charge is 0.438 e. The van der Waals surface area contributed by atoms with Gasteiger partial charge in [-0.15, -0.1) is 0 Å². The van der Waals surface area contributed by atoms with Crippen molar-refractivity contribution in [3.05, 3.63) is 75.5 Å². The SMILES string of the molecule is CCNC(=O)c1cc2c(-c3cc(C(O)(CC)C(C)CC)cnc3Oc3c(C)cccc3C)cn(C)c(=O)c2[nH]1. The highest BCUT2D eigenvalue weighted by Gasteiger charge is 2.34. The number of nitrogens with one attached hydrogen (secondary N) is 2. The van der Waals surface area contributed by atoms with E-state index in [4.69, 9.17) is 9.72 Å². The van der Waals surface area contributed by atoms with Gasteiger partial charge in [-0.3, -0.25) is 9.59 Å². The Labute approximate surface area is 229 Å². The molecule has 4 rings (SSSR count). The Bertz CT molecular complexity index is 1570. The number of hydrogen-bond acceptors (Lipinski definition) is 5. The third-order valence-corrected chi connectivity index (χ3v) is 7.76. The number of para-hydroxylation sites is 1. The second-order valence-electron chi connectivity index (χ2n) is 10.3. The van der Waals surface area contributed by atoms with Crippen molar-refractivity contribution in [2.24, 2.45) is 13.0 Å². The lowest BCUT2D eigenvalue weighted by atomic mass is 9.79. The van der Waals surface area contributed by atoms with Crippen LogP contribution in [-0.2, 0) is 12.6 Å². The number of ether oxygens (including phenoxy) is 1. The quantitative estimate of drug-likeness (QED) is 0.256. The highest BCUT2D eigenvalue weighted by atomic mass is 16.5. The maximum absolute atomic E-state index is 13.1. The van der Waals surface area contributed by atoms with Crippen molar-refractivity contribution in [3.8, 4) is 22.8 Å². The van der Waals surface area contributed by atoms with Crippen LogP contribution in [0.3, 0.4) is 0 Å². The number of fused-ring (bicyclic) bond motifs is 1. The summed E-state index contributed by atoms with van der Waals surface area (Å²) in [6.45, 7) is 12.3. The Morgan fingerprint density at radius 1 is 1.18 bits per heavy atom. The van der Waals surface area contributed by atoms with E-state index in [0.717, 1.165) is 17.5 Å². The third-order valence-electron chi connectivity index (χ3n) is 7.76. The van der Waals surface area contributed by atoms with E-state index in [2.05, 4.69) is 17.2 Å². The molecule has 0 aliphatic heterocycles. The Morgan fingerprint density at radius 3 is 2.49 bits per heavy atom. The molecular weight excluding hydrogens is 492 g/mol. The lowest BCUT2D eigenvalue weighted by Crippen LogP contribution is -2.32. The van der Waals surface area contributed by atoms with E-state index in [1.165, 1.54) is 4.57 Å². The zero-order chi connectivity index (χ0) is 28.5. The maximum atomic E-state index is 13.1. The number of hydrogen-bond donors (Lipinski definition) is 3. The molecular formula is C31H38N4O4. The van der Waals surface area contributed by atoms with Crippen LogP contribution in [0.4, 0.5) is 0 Å². The molecule has 1 amide bonds. The fourth-order valence-corrected chi connectivity index (χ4v) is 5.12. The van der Waals surface area contributed by atoms with Gasteiger partial charge in [-0.05, 0) is 56.4 Å².